The van der Waals surface area contributed by atoms with Crippen molar-refractivity contribution in [2.24, 2.45) is 0 Å². The van der Waals surface area contributed by atoms with Crippen LogP contribution in [-0.4, -0.2) is 24.6 Å². The fourth-order valence-electron chi connectivity index (χ4n) is 1.31. The molecule has 0 spiro atoms. The maximum absolute atomic E-state index is 12.1. The molecule has 1 aromatic rings. The number of alkyl halides is 6. The van der Waals surface area contributed by atoms with Crippen LogP contribution in [0, 0.1) is 0 Å². The van der Waals surface area contributed by atoms with Gasteiger partial charge in [0.2, 0.25) is 0 Å². The van der Waals surface area contributed by atoms with Crippen molar-refractivity contribution in [1.82, 2.24) is 0 Å². The first-order valence-electron chi connectivity index (χ1n) is 5.16. The Balaban J connectivity index is 3.09. The molecule has 3 nitrogen and oxygen atoms in total. The van der Waals surface area contributed by atoms with Gasteiger partial charge in [-0.3, -0.25) is 4.79 Å². The topological polar surface area (TPSA) is 35.5 Å². The lowest BCUT2D eigenvalue weighted by Gasteiger charge is -2.14. The molecule has 0 aliphatic rings. The minimum atomic E-state index is -5.07. The van der Waals surface area contributed by atoms with Gasteiger partial charge < -0.3 is 9.47 Å². The van der Waals surface area contributed by atoms with Gasteiger partial charge in [-0.25, -0.2) is 0 Å². The van der Waals surface area contributed by atoms with Gasteiger partial charge in [0.15, 0.2) is 17.3 Å². The molecule has 0 unspecified atom stereocenters. The second-order valence-corrected chi connectivity index (χ2v) is 3.83. The van der Waals surface area contributed by atoms with E-state index in [9.17, 15) is 26.7 Å². The van der Waals surface area contributed by atoms with Gasteiger partial charge in [0.05, 0.1) is 0 Å². The highest BCUT2D eigenvalue weighted by Crippen LogP contribution is 2.34. The molecule has 20 heavy (non-hydrogen) atoms. The molecule has 0 bridgehead atoms. The Morgan fingerprint density at radius 1 is 1.25 bits per heavy atom. The standard InChI is InChI=1S/C11H8ClF5O3/c12-4-3-7(18)6-1-2-8(20-11(15,16)17)9(5-6)19-10(13)14/h1-2,5,10H,3-4H2. The summed E-state index contributed by atoms with van der Waals surface area (Å²) in [7, 11) is 0. The van der Waals surface area contributed by atoms with Gasteiger partial charge in [-0.15, -0.1) is 24.8 Å². The number of carbonyl (C=O) groups is 1. The number of benzene rings is 1. The molecule has 0 heterocycles. The molecule has 0 saturated carbocycles. The van der Waals surface area contributed by atoms with Crippen molar-refractivity contribution in [2.75, 3.05) is 5.88 Å². The monoisotopic (exact) mass is 318 g/mol. The van der Waals surface area contributed by atoms with Crippen LogP contribution in [-0.2, 0) is 0 Å². The number of hydrogen-bond acceptors (Lipinski definition) is 3. The Labute approximate surface area is 115 Å². The van der Waals surface area contributed by atoms with Gasteiger partial charge in [0.1, 0.15) is 0 Å². The summed E-state index contributed by atoms with van der Waals surface area (Å²) in [6, 6.07) is 2.49. The number of Topliss-reactive ketones (excluding diaryl/α,β-unsaturated/α-hetero) is 1. The number of carbonyl (C=O) groups excluding carboxylic acids is 1. The molecule has 0 amide bonds. The highest BCUT2D eigenvalue weighted by molar-refractivity contribution is 6.19. The van der Waals surface area contributed by atoms with Crippen molar-refractivity contribution in [3.63, 3.8) is 0 Å². The summed E-state index contributed by atoms with van der Waals surface area (Å²) < 4.78 is 68.0. The van der Waals surface area contributed by atoms with Crippen molar-refractivity contribution in [2.45, 2.75) is 19.4 Å². The van der Waals surface area contributed by atoms with Gasteiger partial charge in [-0.05, 0) is 18.2 Å². The first-order chi connectivity index (χ1) is 9.23. The molecule has 0 radical (unpaired) electrons. The molecule has 9 heteroatoms. The lowest BCUT2D eigenvalue weighted by Crippen LogP contribution is -2.18. The van der Waals surface area contributed by atoms with Gasteiger partial charge in [-0.2, -0.15) is 8.78 Å². The Morgan fingerprint density at radius 2 is 1.90 bits per heavy atom. The van der Waals surface area contributed by atoms with E-state index in [1.165, 1.54) is 0 Å². The predicted octanol–water partition coefficient (Wildman–Crippen LogP) is 4.00. The van der Waals surface area contributed by atoms with E-state index >= 15 is 0 Å². The third-order valence-corrected chi connectivity index (χ3v) is 2.22. The fraction of sp³-hybridized carbons (Fsp3) is 0.364. The maximum atomic E-state index is 12.1. The molecule has 1 rings (SSSR count). The largest absolute Gasteiger partial charge is 0.573 e. The summed E-state index contributed by atoms with van der Waals surface area (Å²) >= 11 is 5.34. The predicted molar refractivity (Wildman–Crippen MR) is 59.4 cm³/mol. The molecule has 0 fully saturated rings. The lowest BCUT2D eigenvalue weighted by molar-refractivity contribution is -0.275. The van der Waals surface area contributed by atoms with E-state index in [0.717, 1.165) is 18.2 Å². The zero-order valence-corrected chi connectivity index (χ0v) is 10.5. The Morgan fingerprint density at radius 3 is 2.40 bits per heavy atom. The number of ketones is 1. The molecular weight excluding hydrogens is 311 g/mol. The van der Waals surface area contributed by atoms with Crippen molar-refractivity contribution >= 4 is 17.4 Å². The SMILES string of the molecule is O=C(CCCl)c1ccc(OC(F)(F)F)c(OC(F)F)c1. The van der Waals surface area contributed by atoms with Crippen LogP contribution in [0.1, 0.15) is 16.8 Å². The highest BCUT2D eigenvalue weighted by Gasteiger charge is 2.33. The van der Waals surface area contributed by atoms with E-state index < -0.39 is 30.3 Å². The van der Waals surface area contributed by atoms with Crippen LogP contribution in [0.2, 0.25) is 0 Å². The number of ether oxygens (including phenoxy) is 2. The number of halogens is 6. The van der Waals surface area contributed by atoms with Crippen molar-refractivity contribution < 1.29 is 36.2 Å². The molecule has 0 aromatic heterocycles. The van der Waals surface area contributed by atoms with Gasteiger partial charge in [0, 0.05) is 17.9 Å². The molecular formula is C11H8ClF5O3. The normalized spacial score (nSPS) is 11.6. The minimum Gasteiger partial charge on any atom is -0.431 e. The zero-order chi connectivity index (χ0) is 15.3. The van der Waals surface area contributed by atoms with Crippen LogP contribution in [0.4, 0.5) is 22.0 Å². The van der Waals surface area contributed by atoms with Crippen LogP contribution in [0.3, 0.4) is 0 Å². The summed E-state index contributed by atoms with van der Waals surface area (Å²) in [6.07, 6.45) is -5.16. The van der Waals surface area contributed by atoms with E-state index in [0.29, 0.717) is 0 Å². The first kappa shape index (κ1) is 16.5. The fourth-order valence-corrected chi connectivity index (χ4v) is 1.48. The summed E-state index contributed by atoms with van der Waals surface area (Å²) in [6.45, 7) is -3.36. The van der Waals surface area contributed by atoms with Crippen LogP contribution in [0.25, 0.3) is 0 Å². The quantitative estimate of drug-likeness (QED) is 0.452. The van der Waals surface area contributed by atoms with E-state index in [2.05, 4.69) is 9.47 Å². The van der Waals surface area contributed by atoms with E-state index in [-0.39, 0.29) is 17.9 Å². The van der Waals surface area contributed by atoms with E-state index in [4.69, 9.17) is 11.6 Å². The van der Waals surface area contributed by atoms with Crippen LogP contribution in [0.5, 0.6) is 11.5 Å². The lowest BCUT2D eigenvalue weighted by atomic mass is 10.1. The van der Waals surface area contributed by atoms with Crippen molar-refractivity contribution in [1.29, 1.82) is 0 Å². The molecule has 0 N–H and O–H groups in total. The minimum absolute atomic E-state index is 0.00925. The van der Waals surface area contributed by atoms with Crippen LogP contribution < -0.4 is 9.47 Å². The second kappa shape index (κ2) is 6.74. The van der Waals surface area contributed by atoms with Crippen LogP contribution >= 0.6 is 11.6 Å². The number of hydrogen-bond donors (Lipinski definition) is 0. The second-order valence-electron chi connectivity index (χ2n) is 3.45. The zero-order valence-electron chi connectivity index (χ0n) is 9.72. The molecule has 0 atom stereocenters. The van der Waals surface area contributed by atoms with Crippen molar-refractivity contribution in [3.8, 4) is 11.5 Å². The molecule has 1 aromatic carbocycles. The summed E-state index contributed by atoms with van der Waals surface area (Å²) in [5.74, 6) is -2.36. The summed E-state index contributed by atoms with van der Waals surface area (Å²) in [5, 5.41) is 0. The molecule has 0 saturated heterocycles. The summed E-state index contributed by atoms with van der Waals surface area (Å²) in [5.41, 5.74) is -0.101. The van der Waals surface area contributed by atoms with Crippen LogP contribution in [0.15, 0.2) is 18.2 Å². The molecule has 0 aliphatic heterocycles. The Kier molecular flexibility index (Phi) is 5.55. The first-order valence-corrected chi connectivity index (χ1v) is 5.70. The average molecular weight is 319 g/mol. The average Bonchev–Trinajstić information content (AvgIpc) is 2.29. The highest BCUT2D eigenvalue weighted by atomic mass is 35.5. The Bertz CT molecular complexity index is 476. The Hall–Kier alpha value is -1.57. The molecule has 0 aliphatic carbocycles. The van der Waals surface area contributed by atoms with Crippen molar-refractivity contribution in [3.05, 3.63) is 23.8 Å². The van der Waals surface area contributed by atoms with E-state index in [1.54, 1.807) is 0 Å². The smallest absolute Gasteiger partial charge is 0.431 e. The van der Waals surface area contributed by atoms with Gasteiger partial charge in [-0.1, -0.05) is 0 Å². The maximum Gasteiger partial charge on any atom is 0.573 e. The number of rotatable bonds is 6. The van der Waals surface area contributed by atoms with Gasteiger partial charge >= 0.3 is 13.0 Å². The molecule has 112 valence electrons. The van der Waals surface area contributed by atoms with E-state index in [1.807, 2.05) is 0 Å². The third kappa shape index (κ3) is 5.20. The van der Waals surface area contributed by atoms with Gasteiger partial charge in [0.25, 0.3) is 0 Å². The summed E-state index contributed by atoms with van der Waals surface area (Å²) in [4.78, 5) is 11.5. The third-order valence-electron chi connectivity index (χ3n) is 2.03.